The molecule has 112 valence electrons. The van der Waals surface area contributed by atoms with Gasteiger partial charge in [-0.2, -0.15) is 0 Å². The van der Waals surface area contributed by atoms with Gasteiger partial charge in [0.15, 0.2) is 0 Å². The molecule has 0 spiro atoms. The van der Waals surface area contributed by atoms with Crippen LogP contribution in [0.15, 0.2) is 40.9 Å². The molecule has 0 saturated heterocycles. The first-order valence-electron chi connectivity index (χ1n) is 6.81. The van der Waals surface area contributed by atoms with E-state index >= 15 is 0 Å². The van der Waals surface area contributed by atoms with Crippen LogP contribution in [-0.4, -0.2) is 14.2 Å². The highest BCUT2D eigenvalue weighted by atomic mass is 79.9. The molecule has 2 nitrogen and oxygen atoms in total. The predicted octanol–water partition coefficient (Wildman–Crippen LogP) is 4.92. The summed E-state index contributed by atoms with van der Waals surface area (Å²) in [4.78, 5) is 0. The summed E-state index contributed by atoms with van der Waals surface area (Å²) in [7, 11) is 3.68. The molecule has 0 amide bonds. The van der Waals surface area contributed by atoms with Crippen LogP contribution in [-0.2, 0) is 6.42 Å². The second kappa shape index (κ2) is 7.30. The summed E-state index contributed by atoms with van der Waals surface area (Å²) < 4.78 is 6.52. The van der Waals surface area contributed by atoms with Crippen molar-refractivity contribution in [1.29, 1.82) is 0 Å². The summed E-state index contributed by atoms with van der Waals surface area (Å²) in [5, 5.41) is 4.15. The van der Waals surface area contributed by atoms with Gasteiger partial charge in [-0.15, -0.1) is 0 Å². The van der Waals surface area contributed by atoms with Crippen molar-refractivity contribution in [2.24, 2.45) is 0 Å². The van der Waals surface area contributed by atoms with E-state index in [9.17, 15) is 0 Å². The van der Waals surface area contributed by atoms with Gasteiger partial charge in [0.25, 0.3) is 0 Å². The van der Waals surface area contributed by atoms with Crippen LogP contribution >= 0.6 is 27.5 Å². The number of benzene rings is 2. The molecule has 2 aromatic carbocycles. The summed E-state index contributed by atoms with van der Waals surface area (Å²) in [5.41, 5.74) is 3.61. The Morgan fingerprint density at radius 3 is 2.62 bits per heavy atom. The number of hydrogen-bond acceptors (Lipinski definition) is 2. The number of ether oxygens (including phenoxy) is 1. The molecule has 21 heavy (non-hydrogen) atoms. The van der Waals surface area contributed by atoms with Crippen molar-refractivity contribution < 1.29 is 4.74 Å². The van der Waals surface area contributed by atoms with Gasteiger partial charge >= 0.3 is 0 Å². The maximum absolute atomic E-state index is 6.05. The molecule has 1 unspecified atom stereocenters. The quantitative estimate of drug-likeness (QED) is 0.808. The van der Waals surface area contributed by atoms with Crippen molar-refractivity contribution in [1.82, 2.24) is 5.32 Å². The minimum absolute atomic E-state index is 0.213. The molecule has 2 aromatic rings. The Bertz CT molecular complexity index is 630. The maximum atomic E-state index is 6.05. The fraction of sp³-hybridized carbons (Fsp3) is 0.294. The first-order chi connectivity index (χ1) is 10.0. The number of likely N-dealkylation sites (N-methyl/N-ethyl adjacent to an activating group) is 1. The largest absolute Gasteiger partial charge is 0.496 e. The number of aryl methyl sites for hydroxylation is 1. The third-order valence-electron chi connectivity index (χ3n) is 3.62. The predicted molar refractivity (Wildman–Crippen MR) is 92.4 cm³/mol. The number of hydrogen-bond donors (Lipinski definition) is 1. The Morgan fingerprint density at radius 1 is 1.24 bits per heavy atom. The van der Waals surface area contributed by atoms with E-state index in [1.54, 1.807) is 7.11 Å². The zero-order chi connectivity index (χ0) is 15.4. The molecule has 0 aliphatic carbocycles. The Kier molecular flexibility index (Phi) is 5.68. The molecular weight excluding hydrogens is 350 g/mol. The standard InChI is InChI=1S/C17H19BrClNO/c1-11-8-14(19)5-6-15(11)16(20-2)10-12-9-13(18)4-7-17(12)21-3/h4-9,16,20H,10H2,1-3H3. The van der Waals surface area contributed by atoms with Crippen molar-refractivity contribution in [2.75, 3.05) is 14.2 Å². The minimum atomic E-state index is 0.213. The molecule has 0 heterocycles. The average Bonchev–Trinajstić information content (AvgIpc) is 2.45. The Morgan fingerprint density at radius 2 is 2.00 bits per heavy atom. The number of halogens is 2. The lowest BCUT2D eigenvalue weighted by molar-refractivity contribution is 0.406. The first-order valence-corrected chi connectivity index (χ1v) is 7.98. The van der Waals surface area contributed by atoms with Crippen LogP contribution in [0.5, 0.6) is 5.75 Å². The Balaban J connectivity index is 2.33. The third-order valence-corrected chi connectivity index (χ3v) is 4.35. The monoisotopic (exact) mass is 367 g/mol. The van der Waals surface area contributed by atoms with E-state index in [-0.39, 0.29) is 6.04 Å². The third kappa shape index (κ3) is 4.00. The average molecular weight is 369 g/mol. The molecule has 0 aliphatic rings. The molecule has 4 heteroatoms. The molecule has 2 rings (SSSR count). The van der Waals surface area contributed by atoms with Crippen LogP contribution in [0.3, 0.4) is 0 Å². The highest BCUT2D eigenvalue weighted by Gasteiger charge is 2.15. The highest BCUT2D eigenvalue weighted by Crippen LogP contribution is 2.29. The molecule has 0 fully saturated rings. The Hall–Kier alpha value is -1.03. The van der Waals surface area contributed by atoms with Gasteiger partial charge in [0.1, 0.15) is 5.75 Å². The van der Waals surface area contributed by atoms with Gasteiger partial charge < -0.3 is 10.1 Å². The van der Waals surface area contributed by atoms with Crippen molar-refractivity contribution >= 4 is 27.5 Å². The lowest BCUT2D eigenvalue weighted by Gasteiger charge is -2.20. The summed E-state index contributed by atoms with van der Waals surface area (Å²) in [6.45, 7) is 2.09. The van der Waals surface area contributed by atoms with Crippen LogP contribution in [0.25, 0.3) is 0 Å². The first kappa shape index (κ1) is 16.3. The van der Waals surface area contributed by atoms with Gasteiger partial charge in [-0.1, -0.05) is 33.6 Å². The Labute approximate surface area is 139 Å². The molecule has 0 saturated carbocycles. The molecule has 0 bridgehead atoms. The van der Waals surface area contributed by atoms with Crippen molar-refractivity contribution in [3.8, 4) is 5.75 Å². The van der Waals surface area contributed by atoms with Crippen LogP contribution in [0, 0.1) is 6.92 Å². The minimum Gasteiger partial charge on any atom is -0.496 e. The van der Waals surface area contributed by atoms with E-state index in [0.717, 1.165) is 21.7 Å². The second-order valence-corrected chi connectivity index (χ2v) is 6.35. The number of methoxy groups -OCH3 is 1. The van der Waals surface area contributed by atoms with Crippen LogP contribution < -0.4 is 10.1 Å². The van der Waals surface area contributed by atoms with E-state index < -0.39 is 0 Å². The van der Waals surface area contributed by atoms with Crippen molar-refractivity contribution in [3.63, 3.8) is 0 Å². The summed E-state index contributed by atoms with van der Waals surface area (Å²) in [6, 6.07) is 12.3. The van der Waals surface area contributed by atoms with Gasteiger partial charge in [0, 0.05) is 15.5 Å². The smallest absolute Gasteiger partial charge is 0.122 e. The van der Waals surface area contributed by atoms with Crippen LogP contribution in [0.4, 0.5) is 0 Å². The molecule has 1 atom stereocenters. The molecule has 0 aromatic heterocycles. The van der Waals surface area contributed by atoms with Crippen LogP contribution in [0.1, 0.15) is 22.7 Å². The van der Waals surface area contributed by atoms with E-state index in [0.29, 0.717) is 0 Å². The highest BCUT2D eigenvalue weighted by molar-refractivity contribution is 9.10. The number of nitrogens with one attached hydrogen (secondary N) is 1. The zero-order valence-electron chi connectivity index (χ0n) is 12.4. The number of rotatable bonds is 5. The van der Waals surface area contributed by atoms with Gasteiger partial charge in [-0.3, -0.25) is 0 Å². The molecule has 0 radical (unpaired) electrons. The normalized spacial score (nSPS) is 12.2. The fourth-order valence-electron chi connectivity index (χ4n) is 2.52. The van der Waals surface area contributed by atoms with Gasteiger partial charge in [-0.05, 0) is 67.4 Å². The second-order valence-electron chi connectivity index (χ2n) is 5.00. The zero-order valence-corrected chi connectivity index (χ0v) is 14.8. The van der Waals surface area contributed by atoms with E-state index in [1.807, 2.05) is 31.3 Å². The summed E-state index contributed by atoms with van der Waals surface area (Å²) in [6.07, 6.45) is 0.849. The van der Waals surface area contributed by atoms with Gasteiger partial charge in [0.05, 0.1) is 7.11 Å². The van der Waals surface area contributed by atoms with Gasteiger partial charge in [-0.25, -0.2) is 0 Å². The topological polar surface area (TPSA) is 21.3 Å². The molecule has 1 N–H and O–H groups in total. The van der Waals surface area contributed by atoms with Crippen molar-refractivity contribution in [2.45, 2.75) is 19.4 Å². The van der Waals surface area contributed by atoms with Gasteiger partial charge in [0.2, 0.25) is 0 Å². The van der Waals surface area contributed by atoms with E-state index in [1.165, 1.54) is 16.7 Å². The SMILES string of the molecule is CNC(Cc1cc(Br)ccc1OC)c1ccc(Cl)cc1C. The molecule has 0 aliphatic heterocycles. The van der Waals surface area contributed by atoms with Crippen LogP contribution in [0.2, 0.25) is 5.02 Å². The van der Waals surface area contributed by atoms with Crippen molar-refractivity contribution in [3.05, 3.63) is 62.6 Å². The fourth-order valence-corrected chi connectivity index (χ4v) is 3.16. The lowest BCUT2D eigenvalue weighted by Crippen LogP contribution is -2.20. The summed E-state index contributed by atoms with van der Waals surface area (Å²) in [5.74, 6) is 0.907. The summed E-state index contributed by atoms with van der Waals surface area (Å²) >= 11 is 9.57. The van der Waals surface area contributed by atoms with E-state index in [2.05, 4.69) is 40.3 Å². The molecular formula is C17H19BrClNO. The lowest BCUT2D eigenvalue weighted by atomic mass is 9.95. The van der Waals surface area contributed by atoms with E-state index in [4.69, 9.17) is 16.3 Å². The maximum Gasteiger partial charge on any atom is 0.122 e.